The van der Waals surface area contributed by atoms with Gasteiger partial charge in [0, 0.05) is 11.9 Å². The third-order valence-corrected chi connectivity index (χ3v) is 5.67. The van der Waals surface area contributed by atoms with Gasteiger partial charge in [0.25, 0.3) is 11.1 Å². The number of thioether (sulfide) groups is 1. The maximum Gasteiger partial charge on any atom is 0.293 e. The van der Waals surface area contributed by atoms with Gasteiger partial charge >= 0.3 is 0 Å². The summed E-state index contributed by atoms with van der Waals surface area (Å²) in [6.45, 7) is 0.384. The molecule has 0 aromatic heterocycles. The lowest BCUT2D eigenvalue weighted by atomic mass is 10.0. The van der Waals surface area contributed by atoms with Crippen LogP contribution in [0.25, 0.3) is 16.8 Å². The molecule has 0 N–H and O–H groups in total. The highest BCUT2D eigenvalue weighted by atomic mass is 32.2. The van der Waals surface area contributed by atoms with Crippen LogP contribution in [0.4, 0.5) is 4.79 Å². The van der Waals surface area contributed by atoms with E-state index in [0.29, 0.717) is 17.9 Å². The van der Waals surface area contributed by atoms with E-state index in [0.717, 1.165) is 39.4 Å². The third kappa shape index (κ3) is 3.53. The van der Waals surface area contributed by atoms with Crippen molar-refractivity contribution in [2.45, 2.75) is 6.42 Å². The van der Waals surface area contributed by atoms with E-state index in [2.05, 4.69) is 0 Å². The van der Waals surface area contributed by atoms with Gasteiger partial charge in [-0.05, 0) is 46.8 Å². The molecule has 0 unspecified atom stereocenters. The zero-order valence-corrected chi connectivity index (χ0v) is 16.2. The summed E-state index contributed by atoms with van der Waals surface area (Å²) in [6.07, 6.45) is 2.45. The van der Waals surface area contributed by atoms with E-state index < -0.39 is 0 Å². The number of carbonyl (C=O) groups is 2. The van der Waals surface area contributed by atoms with E-state index in [9.17, 15) is 9.59 Å². The maximum atomic E-state index is 12.8. The number of amides is 2. The number of carbonyl (C=O) groups excluding carboxylic acids is 2. The van der Waals surface area contributed by atoms with E-state index in [1.165, 1.54) is 4.90 Å². The van der Waals surface area contributed by atoms with Crippen molar-refractivity contribution in [1.29, 1.82) is 0 Å². The number of rotatable bonds is 5. The van der Waals surface area contributed by atoms with E-state index >= 15 is 0 Å². The van der Waals surface area contributed by atoms with Crippen LogP contribution in [0.1, 0.15) is 11.1 Å². The molecule has 1 saturated heterocycles. The van der Waals surface area contributed by atoms with Crippen molar-refractivity contribution in [3.8, 4) is 5.75 Å². The Labute approximate surface area is 167 Å². The first kappa shape index (κ1) is 18.3. The van der Waals surface area contributed by atoms with Gasteiger partial charge in [0.05, 0.1) is 12.0 Å². The first-order chi connectivity index (χ1) is 13.7. The fourth-order valence-electron chi connectivity index (χ4n) is 3.32. The summed E-state index contributed by atoms with van der Waals surface area (Å²) >= 11 is 0.998. The first-order valence-electron chi connectivity index (χ1n) is 9.02. The van der Waals surface area contributed by atoms with Crippen molar-refractivity contribution >= 4 is 39.8 Å². The standard InChI is InChI=1S/C23H19NO3S/c1-27-20-12-11-17(18-9-5-6-10-19(18)20)15-21-22(25)24(23(26)28-21)14-13-16-7-3-2-4-8-16/h2-12,15H,13-14H2,1H3/b21-15+. The molecule has 0 saturated carbocycles. The Balaban J connectivity index is 1.60. The van der Waals surface area contributed by atoms with Gasteiger partial charge in [-0.15, -0.1) is 0 Å². The summed E-state index contributed by atoms with van der Waals surface area (Å²) in [5.41, 5.74) is 2.00. The van der Waals surface area contributed by atoms with Crippen LogP contribution in [-0.4, -0.2) is 29.7 Å². The molecule has 1 aliphatic rings. The molecule has 0 spiro atoms. The largest absolute Gasteiger partial charge is 0.496 e. The molecule has 5 heteroatoms. The number of methoxy groups -OCH3 is 1. The van der Waals surface area contributed by atoms with Crippen LogP contribution in [0.2, 0.25) is 0 Å². The summed E-state index contributed by atoms with van der Waals surface area (Å²) in [5.74, 6) is 0.551. The number of ether oxygens (including phenoxy) is 1. The number of nitrogens with zero attached hydrogens (tertiary/aromatic N) is 1. The fourth-order valence-corrected chi connectivity index (χ4v) is 4.17. The molecule has 3 aromatic carbocycles. The number of imide groups is 1. The molecule has 28 heavy (non-hydrogen) atoms. The SMILES string of the molecule is COc1ccc(/C=C2/SC(=O)N(CCc3ccccc3)C2=O)c2ccccc12. The highest BCUT2D eigenvalue weighted by Crippen LogP contribution is 2.35. The second-order valence-electron chi connectivity index (χ2n) is 6.47. The Kier molecular flexibility index (Phi) is 5.17. The van der Waals surface area contributed by atoms with E-state index in [4.69, 9.17) is 4.74 Å². The molecular weight excluding hydrogens is 370 g/mol. The summed E-state index contributed by atoms with van der Waals surface area (Å²) in [5, 5.41) is 1.74. The van der Waals surface area contributed by atoms with E-state index in [1.807, 2.05) is 66.7 Å². The zero-order valence-electron chi connectivity index (χ0n) is 15.4. The van der Waals surface area contributed by atoms with Gasteiger partial charge in [0.15, 0.2) is 0 Å². The molecule has 1 aliphatic heterocycles. The molecule has 0 bridgehead atoms. The molecule has 0 atom stereocenters. The van der Waals surface area contributed by atoms with Crippen LogP contribution in [0.5, 0.6) is 5.75 Å². The van der Waals surface area contributed by atoms with Gasteiger partial charge in [-0.1, -0.05) is 60.7 Å². The molecule has 3 aromatic rings. The summed E-state index contributed by atoms with van der Waals surface area (Å²) < 4.78 is 5.43. The van der Waals surface area contributed by atoms with E-state index in [-0.39, 0.29) is 11.1 Å². The molecule has 2 amide bonds. The van der Waals surface area contributed by atoms with Crippen LogP contribution in [-0.2, 0) is 11.2 Å². The van der Waals surface area contributed by atoms with Crippen LogP contribution in [0.3, 0.4) is 0 Å². The Morgan fingerprint density at radius 1 is 0.929 bits per heavy atom. The Hall–Kier alpha value is -3.05. The number of hydrogen-bond donors (Lipinski definition) is 0. The minimum absolute atomic E-state index is 0.218. The normalized spacial score (nSPS) is 15.6. The highest BCUT2D eigenvalue weighted by molar-refractivity contribution is 8.18. The average molecular weight is 389 g/mol. The zero-order chi connectivity index (χ0) is 19.5. The lowest BCUT2D eigenvalue weighted by Gasteiger charge is -2.12. The summed E-state index contributed by atoms with van der Waals surface area (Å²) in [6, 6.07) is 21.5. The Bertz CT molecular complexity index is 1080. The lowest BCUT2D eigenvalue weighted by molar-refractivity contribution is -0.122. The minimum Gasteiger partial charge on any atom is -0.496 e. The molecule has 4 nitrogen and oxygen atoms in total. The molecule has 1 fully saturated rings. The Morgan fingerprint density at radius 2 is 1.64 bits per heavy atom. The van der Waals surface area contributed by atoms with Crippen LogP contribution >= 0.6 is 11.8 Å². The third-order valence-electron chi connectivity index (χ3n) is 4.76. The van der Waals surface area contributed by atoms with Gasteiger partial charge in [-0.3, -0.25) is 14.5 Å². The van der Waals surface area contributed by atoms with Crippen molar-refractivity contribution in [3.63, 3.8) is 0 Å². The van der Waals surface area contributed by atoms with Crippen molar-refractivity contribution in [1.82, 2.24) is 4.90 Å². The summed E-state index contributed by atoms with van der Waals surface area (Å²) in [4.78, 5) is 27.0. The molecular formula is C23H19NO3S. The van der Waals surface area contributed by atoms with Crippen molar-refractivity contribution in [3.05, 3.63) is 82.8 Å². The topological polar surface area (TPSA) is 46.6 Å². The predicted octanol–water partition coefficient (Wildman–Crippen LogP) is 5.13. The van der Waals surface area contributed by atoms with Crippen LogP contribution in [0.15, 0.2) is 71.6 Å². The van der Waals surface area contributed by atoms with Gasteiger partial charge in [0.2, 0.25) is 0 Å². The minimum atomic E-state index is -0.231. The lowest BCUT2D eigenvalue weighted by Crippen LogP contribution is -2.30. The van der Waals surface area contributed by atoms with Gasteiger partial charge in [0.1, 0.15) is 5.75 Å². The molecule has 1 heterocycles. The van der Waals surface area contributed by atoms with Gasteiger partial charge in [-0.2, -0.15) is 0 Å². The smallest absolute Gasteiger partial charge is 0.293 e. The molecule has 0 aliphatic carbocycles. The quantitative estimate of drug-likeness (QED) is 0.568. The summed E-state index contributed by atoms with van der Waals surface area (Å²) in [7, 11) is 1.64. The van der Waals surface area contributed by atoms with Gasteiger partial charge in [-0.25, -0.2) is 0 Å². The molecule has 4 rings (SSSR count). The fraction of sp³-hybridized carbons (Fsp3) is 0.130. The van der Waals surface area contributed by atoms with Crippen molar-refractivity contribution in [2.24, 2.45) is 0 Å². The average Bonchev–Trinajstić information content (AvgIpc) is 3.00. The van der Waals surface area contributed by atoms with Crippen molar-refractivity contribution < 1.29 is 14.3 Å². The van der Waals surface area contributed by atoms with E-state index in [1.54, 1.807) is 13.2 Å². The maximum absolute atomic E-state index is 12.8. The van der Waals surface area contributed by atoms with Crippen molar-refractivity contribution in [2.75, 3.05) is 13.7 Å². The number of benzene rings is 3. The number of hydrogen-bond acceptors (Lipinski definition) is 4. The van der Waals surface area contributed by atoms with Gasteiger partial charge < -0.3 is 4.74 Å². The van der Waals surface area contributed by atoms with Crippen LogP contribution in [0, 0.1) is 0 Å². The second kappa shape index (κ2) is 7.90. The first-order valence-corrected chi connectivity index (χ1v) is 9.84. The molecule has 140 valence electrons. The van der Waals surface area contributed by atoms with Crippen LogP contribution < -0.4 is 4.74 Å². The predicted molar refractivity (Wildman–Crippen MR) is 113 cm³/mol. The number of fused-ring (bicyclic) bond motifs is 1. The molecule has 0 radical (unpaired) electrons. The second-order valence-corrected chi connectivity index (χ2v) is 7.46. The monoisotopic (exact) mass is 389 g/mol. The Morgan fingerprint density at radius 3 is 2.39 bits per heavy atom. The highest BCUT2D eigenvalue weighted by Gasteiger charge is 2.34.